The highest BCUT2D eigenvalue weighted by atomic mass is 15.0. The smallest absolute Gasteiger partial charge is 0.164 e. The van der Waals surface area contributed by atoms with Gasteiger partial charge in [-0.2, -0.15) is 0 Å². The van der Waals surface area contributed by atoms with Crippen molar-refractivity contribution in [2.24, 2.45) is 0 Å². The van der Waals surface area contributed by atoms with Gasteiger partial charge < -0.3 is 0 Å². The first-order chi connectivity index (χ1) is 33.2. The summed E-state index contributed by atoms with van der Waals surface area (Å²) in [6.45, 7) is 0. The van der Waals surface area contributed by atoms with Gasteiger partial charge in [0, 0.05) is 27.8 Å². The van der Waals surface area contributed by atoms with Crippen LogP contribution in [-0.4, -0.2) is 24.9 Å². The Morgan fingerprint density at radius 1 is 0.328 bits per heavy atom. The molecule has 2 aromatic heterocycles. The second kappa shape index (κ2) is 17.0. The van der Waals surface area contributed by atoms with Gasteiger partial charge in [-0.05, 0) is 81.1 Å². The molecule has 0 saturated heterocycles. The second-order valence-electron chi connectivity index (χ2n) is 17.1. The van der Waals surface area contributed by atoms with Gasteiger partial charge in [-0.15, -0.1) is 0 Å². The summed E-state index contributed by atoms with van der Waals surface area (Å²) >= 11 is 0. The maximum atomic E-state index is 5.36. The molecule has 12 rings (SSSR count). The van der Waals surface area contributed by atoms with Crippen LogP contribution in [0.1, 0.15) is 40.8 Å². The molecule has 10 aromatic rings. The van der Waals surface area contributed by atoms with Crippen LogP contribution in [0.2, 0.25) is 0 Å². The van der Waals surface area contributed by atoms with Gasteiger partial charge in [-0.3, -0.25) is 0 Å². The summed E-state index contributed by atoms with van der Waals surface area (Å²) in [5.74, 6) is 2.54. The zero-order chi connectivity index (χ0) is 44.6. The molecule has 2 aliphatic carbocycles. The average molecular weight is 858 g/mol. The SMILES string of the molecule is C1=CCCC(c2cc(-c3ccc(-c4cc5c(cc4-c4nc(-c6ccccc6)nc(-c6ccccc6)n4)C(c4ccccc4)(c4ccccc4)c4ccccc4-5)cc3)nc(-c3ccccc3)n2)=C1. The minimum atomic E-state index is -0.617. The zero-order valence-electron chi connectivity index (χ0n) is 36.7. The Morgan fingerprint density at radius 2 is 0.821 bits per heavy atom. The average Bonchev–Trinajstić information content (AvgIpc) is 3.72. The van der Waals surface area contributed by atoms with Crippen LogP contribution in [0.5, 0.6) is 0 Å². The van der Waals surface area contributed by atoms with Gasteiger partial charge in [-0.25, -0.2) is 24.9 Å². The Labute approximate surface area is 390 Å². The molecule has 2 heterocycles. The second-order valence-corrected chi connectivity index (χ2v) is 17.1. The van der Waals surface area contributed by atoms with Gasteiger partial charge in [0.05, 0.1) is 16.8 Å². The highest BCUT2D eigenvalue weighted by Crippen LogP contribution is 2.58. The van der Waals surface area contributed by atoms with Gasteiger partial charge in [0.15, 0.2) is 23.3 Å². The molecule has 0 unspecified atom stereocenters. The molecule has 5 nitrogen and oxygen atoms in total. The van der Waals surface area contributed by atoms with E-state index < -0.39 is 5.41 Å². The number of aromatic nitrogens is 5. The Kier molecular flexibility index (Phi) is 10.1. The molecule has 0 saturated carbocycles. The molecule has 2 aliphatic rings. The molecular weight excluding hydrogens is 815 g/mol. The summed E-state index contributed by atoms with van der Waals surface area (Å²) in [5, 5.41) is 0. The fourth-order valence-electron chi connectivity index (χ4n) is 9.95. The molecule has 0 bridgehead atoms. The third-order valence-corrected chi connectivity index (χ3v) is 13.1. The Bertz CT molecular complexity index is 3380. The summed E-state index contributed by atoms with van der Waals surface area (Å²) in [6.07, 6.45) is 8.45. The van der Waals surface area contributed by atoms with Crippen molar-refractivity contribution in [3.63, 3.8) is 0 Å². The van der Waals surface area contributed by atoms with Crippen LogP contribution < -0.4 is 0 Å². The standard InChI is InChI=1S/C62H43N5/c1-7-21-43(22-8-1)56-41-57(64-58(63-56)45-23-9-2-10-24-45)44-37-35-42(36-38-44)51-39-52-50-33-19-20-34-54(50)62(48-29-15-5-16-30-48,49-31-17-6-18-32-49)55(52)40-53(51)61-66-59(46-25-11-3-12-26-46)65-60(67-61)47-27-13-4-14-28-47/h1-7,9-21,23-41H,8,22H2. The summed E-state index contributed by atoms with van der Waals surface area (Å²) in [5.41, 5.74) is 16.4. The first kappa shape index (κ1) is 39.9. The van der Waals surface area contributed by atoms with E-state index in [-0.39, 0.29) is 0 Å². The van der Waals surface area contributed by atoms with Gasteiger partial charge >= 0.3 is 0 Å². The van der Waals surface area contributed by atoms with E-state index >= 15 is 0 Å². The molecule has 0 amide bonds. The van der Waals surface area contributed by atoms with Crippen LogP contribution in [0, 0.1) is 0 Å². The van der Waals surface area contributed by atoms with Crippen molar-refractivity contribution in [1.29, 1.82) is 0 Å². The molecule has 0 atom stereocenters. The molecule has 0 N–H and O–H groups in total. The first-order valence-electron chi connectivity index (χ1n) is 22.9. The van der Waals surface area contributed by atoms with Crippen molar-refractivity contribution >= 4 is 5.57 Å². The third-order valence-electron chi connectivity index (χ3n) is 13.1. The molecule has 5 heteroatoms. The third kappa shape index (κ3) is 7.18. The quantitative estimate of drug-likeness (QED) is 0.145. The lowest BCUT2D eigenvalue weighted by Crippen LogP contribution is -2.28. The van der Waals surface area contributed by atoms with Crippen molar-refractivity contribution in [3.8, 4) is 79.1 Å². The predicted molar refractivity (Wildman–Crippen MR) is 272 cm³/mol. The van der Waals surface area contributed by atoms with E-state index in [1.54, 1.807) is 0 Å². The molecule has 0 radical (unpaired) electrons. The van der Waals surface area contributed by atoms with Gasteiger partial charge in [-0.1, -0.05) is 218 Å². The lowest BCUT2D eigenvalue weighted by molar-refractivity contribution is 0.768. The summed E-state index contributed by atoms with van der Waals surface area (Å²) in [6, 6.07) is 77.1. The predicted octanol–water partition coefficient (Wildman–Crippen LogP) is 14.8. The molecule has 67 heavy (non-hydrogen) atoms. The fraction of sp³-hybridized carbons (Fsp3) is 0.0484. The van der Waals surface area contributed by atoms with E-state index in [1.807, 2.05) is 54.6 Å². The van der Waals surface area contributed by atoms with Crippen molar-refractivity contribution in [3.05, 3.63) is 265 Å². The number of hydrogen-bond acceptors (Lipinski definition) is 5. The maximum Gasteiger partial charge on any atom is 0.164 e. The Hall–Kier alpha value is -8.67. The minimum Gasteiger partial charge on any atom is -0.228 e. The zero-order valence-corrected chi connectivity index (χ0v) is 36.7. The van der Waals surface area contributed by atoms with E-state index in [2.05, 4.69) is 182 Å². The van der Waals surface area contributed by atoms with Crippen LogP contribution in [0.15, 0.2) is 237 Å². The van der Waals surface area contributed by atoms with Crippen LogP contribution in [-0.2, 0) is 5.41 Å². The van der Waals surface area contributed by atoms with Crippen molar-refractivity contribution in [1.82, 2.24) is 24.9 Å². The van der Waals surface area contributed by atoms with Gasteiger partial charge in [0.2, 0.25) is 0 Å². The van der Waals surface area contributed by atoms with Crippen LogP contribution in [0.3, 0.4) is 0 Å². The summed E-state index contributed by atoms with van der Waals surface area (Å²) in [7, 11) is 0. The summed E-state index contributed by atoms with van der Waals surface area (Å²) in [4.78, 5) is 26.1. The molecular formula is C62H43N5. The topological polar surface area (TPSA) is 64.5 Å². The monoisotopic (exact) mass is 857 g/mol. The number of hydrogen-bond donors (Lipinski definition) is 0. The van der Waals surface area contributed by atoms with Crippen molar-refractivity contribution in [2.45, 2.75) is 18.3 Å². The number of rotatable bonds is 9. The van der Waals surface area contributed by atoms with E-state index in [0.29, 0.717) is 23.3 Å². The van der Waals surface area contributed by atoms with E-state index in [4.69, 9.17) is 24.9 Å². The van der Waals surface area contributed by atoms with Crippen molar-refractivity contribution < 1.29 is 0 Å². The summed E-state index contributed by atoms with van der Waals surface area (Å²) < 4.78 is 0. The fourth-order valence-corrected chi connectivity index (χ4v) is 9.95. The number of fused-ring (bicyclic) bond motifs is 3. The highest BCUT2D eigenvalue weighted by molar-refractivity contribution is 5.94. The first-order valence-corrected chi connectivity index (χ1v) is 22.9. The van der Waals surface area contributed by atoms with Crippen LogP contribution >= 0.6 is 0 Å². The van der Waals surface area contributed by atoms with E-state index in [9.17, 15) is 0 Å². The molecule has 0 aliphatic heterocycles. The lowest BCUT2D eigenvalue weighted by Gasteiger charge is -2.34. The molecule has 316 valence electrons. The normalized spacial score (nSPS) is 13.4. The Morgan fingerprint density at radius 3 is 1.39 bits per heavy atom. The Balaban J connectivity index is 1.10. The highest BCUT2D eigenvalue weighted by Gasteiger charge is 2.46. The maximum absolute atomic E-state index is 5.36. The van der Waals surface area contributed by atoms with Gasteiger partial charge in [0.25, 0.3) is 0 Å². The van der Waals surface area contributed by atoms with Gasteiger partial charge in [0.1, 0.15) is 0 Å². The number of allylic oxidation sites excluding steroid dienone is 4. The van der Waals surface area contributed by atoms with E-state index in [0.717, 1.165) is 63.2 Å². The van der Waals surface area contributed by atoms with E-state index in [1.165, 1.54) is 39.0 Å². The van der Waals surface area contributed by atoms with Crippen molar-refractivity contribution in [2.75, 3.05) is 0 Å². The molecule has 0 spiro atoms. The van der Waals surface area contributed by atoms with Crippen LogP contribution in [0.25, 0.3) is 84.6 Å². The lowest BCUT2D eigenvalue weighted by atomic mass is 9.67. The number of benzene rings is 8. The van der Waals surface area contributed by atoms with Crippen LogP contribution in [0.4, 0.5) is 0 Å². The molecule has 0 fully saturated rings. The largest absolute Gasteiger partial charge is 0.228 e. The number of nitrogens with zero attached hydrogens (tertiary/aromatic N) is 5. The molecule has 8 aromatic carbocycles. The minimum absolute atomic E-state index is 0.600.